The van der Waals surface area contributed by atoms with Crippen molar-refractivity contribution in [2.45, 2.75) is 42.9 Å². The highest BCUT2D eigenvalue weighted by Gasteiger charge is 2.31. The molecule has 0 spiro atoms. The molecule has 1 amide bonds. The lowest BCUT2D eigenvalue weighted by molar-refractivity contribution is -0.134. The number of carbonyl (C=O) groups is 1. The Hall–Kier alpha value is -1.70. The Balaban J connectivity index is 1.89. The quantitative estimate of drug-likeness (QED) is 0.820. The molecule has 1 fully saturated rings. The van der Waals surface area contributed by atoms with Gasteiger partial charge in [0, 0.05) is 18.0 Å². The molecule has 5 nitrogen and oxygen atoms in total. The number of benzene rings is 1. The maximum atomic E-state index is 13.1. The lowest BCUT2D eigenvalue weighted by Gasteiger charge is -2.30. The number of hydrogen-bond acceptors (Lipinski definition) is 4. The largest absolute Gasteiger partial charge is 0.341 e. The average Bonchev–Trinajstić information content (AvgIpc) is 3.17. The maximum Gasteiger partial charge on any atom is 0.251 e. The van der Waals surface area contributed by atoms with E-state index in [0.717, 1.165) is 30.6 Å². The number of aryl methyl sites for hydroxylation is 1. The molecule has 1 aliphatic rings. The van der Waals surface area contributed by atoms with Crippen LogP contribution < -0.4 is 4.72 Å². The zero-order chi connectivity index (χ0) is 18.6. The fraction of sp³-hybridized carbons (Fsp3) is 0.421. The van der Waals surface area contributed by atoms with Gasteiger partial charge in [-0.3, -0.25) is 4.79 Å². The SMILES string of the molecule is CCc1ccc(S(=O)(=O)N[C@H](C(=O)N2CCCCC2)c2ccccc2)s1. The van der Waals surface area contributed by atoms with E-state index in [1.54, 1.807) is 23.1 Å². The predicted molar refractivity (Wildman–Crippen MR) is 104 cm³/mol. The van der Waals surface area contributed by atoms with Crippen molar-refractivity contribution >= 4 is 27.3 Å². The zero-order valence-corrected chi connectivity index (χ0v) is 16.5. The van der Waals surface area contributed by atoms with Crippen molar-refractivity contribution in [1.29, 1.82) is 0 Å². The third kappa shape index (κ3) is 4.34. The van der Waals surface area contributed by atoms with E-state index in [9.17, 15) is 13.2 Å². The molecule has 0 saturated carbocycles. The number of sulfonamides is 1. The molecule has 1 aromatic heterocycles. The van der Waals surface area contributed by atoms with Gasteiger partial charge >= 0.3 is 0 Å². The van der Waals surface area contributed by atoms with E-state index < -0.39 is 16.1 Å². The van der Waals surface area contributed by atoms with Crippen molar-refractivity contribution in [3.8, 4) is 0 Å². The molecule has 3 rings (SSSR count). The fourth-order valence-electron chi connectivity index (χ4n) is 3.11. The second-order valence-electron chi connectivity index (χ2n) is 6.43. The Morgan fingerprint density at radius 1 is 1.12 bits per heavy atom. The highest BCUT2D eigenvalue weighted by molar-refractivity contribution is 7.91. The minimum atomic E-state index is -3.76. The van der Waals surface area contributed by atoms with Crippen LogP contribution in [0.1, 0.15) is 42.7 Å². The monoisotopic (exact) mass is 392 g/mol. The predicted octanol–water partition coefficient (Wildman–Crippen LogP) is 3.34. The van der Waals surface area contributed by atoms with Crippen LogP contribution in [0.15, 0.2) is 46.7 Å². The summed E-state index contributed by atoms with van der Waals surface area (Å²) in [7, 11) is -3.76. The standard InChI is InChI=1S/C19H24N2O3S2/c1-2-16-11-12-17(25-16)26(23,24)20-18(15-9-5-3-6-10-15)19(22)21-13-7-4-8-14-21/h3,5-6,9-12,18,20H,2,4,7-8,13-14H2,1H3/t18-/m0/s1. The van der Waals surface area contributed by atoms with Crippen LogP contribution in [0.4, 0.5) is 0 Å². The molecule has 1 atom stereocenters. The fourth-order valence-corrected chi connectivity index (χ4v) is 5.60. The van der Waals surface area contributed by atoms with Crippen LogP contribution in [-0.4, -0.2) is 32.3 Å². The van der Waals surface area contributed by atoms with Gasteiger partial charge in [0.25, 0.3) is 10.0 Å². The second-order valence-corrected chi connectivity index (χ2v) is 9.53. The summed E-state index contributed by atoms with van der Waals surface area (Å²) >= 11 is 1.25. The third-order valence-electron chi connectivity index (χ3n) is 4.57. The highest BCUT2D eigenvalue weighted by Crippen LogP contribution is 2.26. The van der Waals surface area contributed by atoms with Crippen LogP contribution in [0.2, 0.25) is 0 Å². The van der Waals surface area contributed by atoms with Gasteiger partial charge in [-0.1, -0.05) is 37.3 Å². The number of nitrogens with one attached hydrogen (secondary N) is 1. The number of carbonyl (C=O) groups excluding carboxylic acids is 1. The van der Waals surface area contributed by atoms with Crippen molar-refractivity contribution in [1.82, 2.24) is 9.62 Å². The number of nitrogens with zero attached hydrogens (tertiary/aromatic N) is 1. The molecule has 1 aromatic carbocycles. The van der Waals surface area contributed by atoms with E-state index in [4.69, 9.17) is 0 Å². The van der Waals surface area contributed by atoms with Crippen LogP contribution in [0.3, 0.4) is 0 Å². The number of rotatable bonds is 6. The van der Waals surface area contributed by atoms with Crippen LogP contribution in [0.25, 0.3) is 0 Å². The zero-order valence-electron chi connectivity index (χ0n) is 14.8. The minimum absolute atomic E-state index is 0.174. The van der Waals surface area contributed by atoms with Crippen LogP contribution in [0.5, 0.6) is 0 Å². The average molecular weight is 393 g/mol. The Kier molecular flexibility index (Phi) is 6.11. The number of hydrogen-bond donors (Lipinski definition) is 1. The molecule has 140 valence electrons. The maximum absolute atomic E-state index is 13.1. The van der Waals surface area contributed by atoms with E-state index >= 15 is 0 Å². The number of thiophene rings is 1. The molecule has 2 aromatic rings. The van der Waals surface area contributed by atoms with Gasteiger partial charge in [-0.2, -0.15) is 4.72 Å². The van der Waals surface area contributed by atoms with Crippen LogP contribution in [0, 0.1) is 0 Å². The first-order valence-corrected chi connectivity index (χ1v) is 11.3. The van der Waals surface area contributed by atoms with Gasteiger partial charge in [0.05, 0.1) is 0 Å². The minimum Gasteiger partial charge on any atom is -0.341 e. The molecule has 1 aliphatic heterocycles. The topological polar surface area (TPSA) is 66.5 Å². The lowest BCUT2D eigenvalue weighted by atomic mass is 10.0. The normalized spacial score (nSPS) is 16.4. The molecule has 1 N–H and O–H groups in total. The molecule has 0 radical (unpaired) electrons. The van der Waals surface area contributed by atoms with E-state index in [0.29, 0.717) is 18.7 Å². The van der Waals surface area contributed by atoms with Gasteiger partial charge in [-0.05, 0) is 43.4 Å². The molecular formula is C19H24N2O3S2. The van der Waals surface area contributed by atoms with Crippen molar-refractivity contribution < 1.29 is 13.2 Å². The second kappa shape index (κ2) is 8.33. The van der Waals surface area contributed by atoms with E-state index in [2.05, 4.69) is 4.72 Å². The number of amides is 1. The molecule has 26 heavy (non-hydrogen) atoms. The van der Waals surface area contributed by atoms with Gasteiger partial charge in [-0.15, -0.1) is 11.3 Å². The first-order chi connectivity index (χ1) is 12.5. The highest BCUT2D eigenvalue weighted by atomic mass is 32.2. The molecule has 0 aliphatic carbocycles. The Morgan fingerprint density at radius 3 is 2.42 bits per heavy atom. The number of piperidine rings is 1. The molecule has 2 heterocycles. The van der Waals surface area contributed by atoms with Gasteiger partial charge < -0.3 is 4.90 Å². The van der Waals surface area contributed by atoms with Crippen molar-refractivity contribution in [3.05, 3.63) is 52.9 Å². The summed E-state index contributed by atoms with van der Waals surface area (Å²) in [5.74, 6) is -0.174. The summed E-state index contributed by atoms with van der Waals surface area (Å²) < 4.78 is 28.6. The van der Waals surface area contributed by atoms with Crippen molar-refractivity contribution in [2.24, 2.45) is 0 Å². The summed E-state index contributed by atoms with van der Waals surface area (Å²) in [5.41, 5.74) is 0.666. The van der Waals surface area contributed by atoms with E-state index in [1.807, 2.05) is 31.2 Å². The molecular weight excluding hydrogens is 368 g/mol. The molecule has 0 unspecified atom stereocenters. The molecule has 0 bridgehead atoms. The Bertz CT molecular complexity index is 841. The van der Waals surface area contributed by atoms with E-state index in [1.165, 1.54) is 11.3 Å². The van der Waals surface area contributed by atoms with Crippen LogP contribution >= 0.6 is 11.3 Å². The number of likely N-dealkylation sites (tertiary alicyclic amines) is 1. The Labute approximate surface area is 159 Å². The van der Waals surface area contributed by atoms with Crippen molar-refractivity contribution in [3.63, 3.8) is 0 Å². The van der Waals surface area contributed by atoms with Gasteiger partial charge in [0.15, 0.2) is 0 Å². The third-order valence-corrected chi connectivity index (χ3v) is 7.72. The smallest absolute Gasteiger partial charge is 0.251 e. The molecule has 1 saturated heterocycles. The lowest BCUT2D eigenvalue weighted by Crippen LogP contribution is -2.44. The summed E-state index contributed by atoms with van der Waals surface area (Å²) in [4.78, 5) is 15.8. The van der Waals surface area contributed by atoms with Crippen LogP contribution in [-0.2, 0) is 21.2 Å². The first-order valence-electron chi connectivity index (χ1n) is 8.96. The summed E-state index contributed by atoms with van der Waals surface area (Å²) in [5, 5.41) is 0. The summed E-state index contributed by atoms with van der Waals surface area (Å²) in [6, 6.07) is 11.6. The summed E-state index contributed by atoms with van der Waals surface area (Å²) in [6.07, 6.45) is 3.82. The van der Waals surface area contributed by atoms with Gasteiger partial charge in [0.1, 0.15) is 10.3 Å². The molecule has 7 heteroatoms. The Morgan fingerprint density at radius 2 is 1.81 bits per heavy atom. The summed E-state index contributed by atoms with van der Waals surface area (Å²) in [6.45, 7) is 3.36. The van der Waals surface area contributed by atoms with Crippen molar-refractivity contribution in [2.75, 3.05) is 13.1 Å². The van der Waals surface area contributed by atoms with Gasteiger partial charge in [-0.25, -0.2) is 8.42 Å². The van der Waals surface area contributed by atoms with E-state index in [-0.39, 0.29) is 10.1 Å². The van der Waals surface area contributed by atoms with Gasteiger partial charge in [0.2, 0.25) is 5.91 Å². The first kappa shape index (κ1) is 19.1.